The molecule has 1 aromatic carbocycles. The molecule has 1 aliphatic heterocycles. The number of nitrogens with zero attached hydrogens (tertiary/aromatic N) is 3. The molecule has 1 saturated heterocycles. The van der Waals surface area contributed by atoms with Gasteiger partial charge < -0.3 is 25.0 Å². The van der Waals surface area contributed by atoms with Crippen LogP contribution in [-0.2, 0) is 16.0 Å². The number of benzene rings is 1. The first-order valence-corrected chi connectivity index (χ1v) is 9.87. The van der Waals surface area contributed by atoms with Gasteiger partial charge in [0.05, 0.1) is 26.7 Å². The molecule has 2 heterocycles. The Kier molecular flexibility index (Phi) is 7.24. The van der Waals surface area contributed by atoms with E-state index < -0.39 is 0 Å². The van der Waals surface area contributed by atoms with Gasteiger partial charge in [0.15, 0.2) is 0 Å². The van der Waals surface area contributed by atoms with Crippen molar-refractivity contribution >= 4 is 17.7 Å². The summed E-state index contributed by atoms with van der Waals surface area (Å²) < 4.78 is 10.6. The number of hydrogen-bond acceptors (Lipinski definition) is 7. The Labute approximate surface area is 171 Å². The van der Waals surface area contributed by atoms with Gasteiger partial charge in [-0.15, -0.1) is 0 Å². The van der Waals surface area contributed by atoms with Gasteiger partial charge in [-0.05, 0) is 31.0 Å². The van der Waals surface area contributed by atoms with Crippen molar-refractivity contribution in [2.45, 2.75) is 20.3 Å². The number of hydrogen-bond donors (Lipinski definition) is 2. The molecular formula is C21H29N5O3. The van der Waals surface area contributed by atoms with E-state index in [0.717, 1.165) is 41.5 Å². The third-order valence-electron chi connectivity index (χ3n) is 4.73. The summed E-state index contributed by atoms with van der Waals surface area (Å²) in [6.07, 6.45) is 0.340. The average molecular weight is 399 g/mol. The number of amides is 1. The van der Waals surface area contributed by atoms with E-state index in [-0.39, 0.29) is 5.91 Å². The SMILES string of the molecule is COc1ccc(CC(=O)NCCNc2nc(C)cc(N3CCOCC3)n2)cc1C. The predicted molar refractivity (Wildman–Crippen MR) is 113 cm³/mol. The monoisotopic (exact) mass is 399 g/mol. The second kappa shape index (κ2) is 10.1. The first-order chi connectivity index (χ1) is 14.0. The first kappa shape index (κ1) is 20.9. The molecule has 2 aromatic rings. The van der Waals surface area contributed by atoms with E-state index in [0.29, 0.717) is 38.7 Å². The molecule has 0 atom stereocenters. The van der Waals surface area contributed by atoms with Crippen molar-refractivity contribution < 1.29 is 14.3 Å². The Hall–Kier alpha value is -2.87. The molecule has 0 spiro atoms. The van der Waals surface area contributed by atoms with Crippen molar-refractivity contribution in [2.24, 2.45) is 0 Å². The third-order valence-corrected chi connectivity index (χ3v) is 4.73. The number of ether oxygens (including phenoxy) is 2. The van der Waals surface area contributed by atoms with Crippen molar-refractivity contribution in [2.75, 3.05) is 56.7 Å². The van der Waals surface area contributed by atoms with Gasteiger partial charge in [-0.1, -0.05) is 12.1 Å². The van der Waals surface area contributed by atoms with Gasteiger partial charge in [0.2, 0.25) is 11.9 Å². The zero-order valence-electron chi connectivity index (χ0n) is 17.3. The lowest BCUT2D eigenvalue weighted by Crippen LogP contribution is -2.37. The standard InChI is InChI=1S/C21H29N5O3/c1-15-12-17(4-5-18(15)28-3)14-20(27)22-6-7-23-21-24-16(2)13-19(25-21)26-8-10-29-11-9-26/h4-5,12-13H,6-11,14H2,1-3H3,(H,22,27)(H,23,24,25). The van der Waals surface area contributed by atoms with Gasteiger partial charge in [0, 0.05) is 37.9 Å². The number of aryl methyl sites for hydroxylation is 2. The predicted octanol–water partition coefficient (Wildman–Crippen LogP) is 1.71. The average Bonchev–Trinajstić information content (AvgIpc) is 2.72. The highest BCUT2D eigenvalue weighted by atomic mass is 16.5. The Morgan fingerprint density at radius 3 is 2.69 bits per heavy atom. The zero-order valence-corrected chi connectivity index (χ0v) is 17.3. The fourth-order valence-corrected chi connectivity index (χ4v) is 3.26. The van der Waals surface area contributed by atoms with Crippen LogP contribution in [-0.4, -0.2) is 62.4 Å². The Morgan fingerprint density at radius 2 is 1.97 bits per heavy atom. The quantitative estimate of drug-likeness (QED) is 0.653. The molecule has 8 nitrogen and oxygen atoms in total. The Morgan fingerprint density at radius 1 is 1.17 bits per heavy atom. The fraction of sp³-hybridized carbons (Fsp3) is 0.476. The number of carbonyl (C=O) groups is 1. The number of rotatable bonds is 8. The minimum absolute atomic E-state index is 0.0180. The molecule has 1 amide bonds. The van der Waals surface area contributed by atoms with E-state index in [1.165, 1.54) is 0 Å². The summed E-state index contributed by atoms with van der Waals surface area (Å²) in [5, 5.41) is 6.12. The van der Waals surface area contributed by atoms with Crippen LogP contribution in [0.15, 0.2) is 24.3 Å². The Bertz CT molecular complexity index is 837. The number of anilines is 2. The molecule has 0 saturated carbocycles. The molecule has 8 heteroatoms. The minimum Gasteiger partial charge on any atom is -0.496 e. The summed E-state index contributed by atoms with van der Waals surface area (Å²) in [6.45, 7) is 8.06. The topological polar surface area (TPSA) is 88.6 Å². The van der Waals surface area contributed by atoms with E-state index >= 15 is 0 Å². The number of morpholine rings is 1. The summed E-state index contributed by atoms with van der Waals surface area (Å²) in [6, 6.07) is 7.76. The molecule has 0 bridgehead atoms. The highest BCUT2D eigenvalue weighted by molar-refractivity contribution is 5.78. The highest BCUT2D eigenvalue weighted by Gasteiger charge is 2.14. The summed E-state index contributed by atoms with van der Waals surface area (Å²) in [4.78, 5) is 23.4. The fourth-order valence-electron chi connectivity index (χ4n) is 3.26. The van der Waals surface area contributed by atoms with Gasteiger partial charge in [0.1, 0.15) is 11.6 Å². The van der Waals surface area contributed by atoms with Crippen LogP contribution in [0.5, 0.6) is 5.75 Å². The minimum atomic E-state index is -0.0180. The van der Waals surface area contributed by atoms with Crippen LogP contribution in [0.3, 0.4) is 0 Å². The highest BCUT2D eigenvalue weighted by Crippen LogP contribution is 2.19. The smallest absolute Gasteiger partial charge is 0.224 e. The van der Waals surface area contributed by atoms with Crippen LogP contribution in [0.4, 0.5) is 11.8 Å². The van der Waals surface area contributed by atoms with Crippen LogP contribution < -0.4 is 20.3 Å². The summed E-state index contributed by atoms with van der Waals surface area (Å²) in [7, 11) is 1.64. The second-order valence-corrected chi connectivity index (χ2v) is 7.05. The number of nitrogens with one attached hydrogen (secondary N) is 2. The molecule has 156 valence electrons. The lowest BCUT2D eigenvalue weighted by molar-refractivity contribution is -0.120. The van der Waals surface area contributed by atoms with Crippen LogP contribution in [0, 0.1) is 13.8 Å². The molecule has 0 radical (unpaired) electrons. The van der Waals surface area contributed by atoms with Crippen LogP contribution in [0.2, 0.25) is 0 Å². The molecule has 0 aliphatic carbocycles. The largest absolute Gasteiger partial charge is 0.496 e. The zero-order chi connectivity index (χ0) is 20.6. The van der Waals surface area contributed by atoms with Crippen molar-refractivity contribution in [1.29, 1.82) is 0 Å². The van der Waals surface area contributed by atoms with Crippen LogP contribution >= 0.6 is 0 Å². The summed E-state index contributed by atoms with van der Waals surface area (Å²) in [5.41, 5.74) is 2.89. The molecule has 1 aliphatic rings. The molecule has 1 fully saturated rings. The van der Waals surface area contributed by atoms with Gasteiger partial charge in [-0.2, -0.15) is 4.98 Å². The van der Waals surface area contributed by atoms with Gasteiger partial charge in [0.25, 0.3) is 0 Å². The normalized spacial score (nSPS) is 13.8. The lowest BCUT2D eigenvalue weighted by atomic mass is 10.1. The van der Waals surface area contributed by atoms with Gasteiger partial charge in [-0.3, -0.25) is 4.79 Å². The summed E-state index contributed by atoms with van der Waals surface area (Å²) >= 11 is 0. The Balaban J connectivity index is 1.45. The number of aromatic nitrogens is 2. The number of carbonyl (C=O) groups excluding carboxylic acids is 1. The molecule has 1 aromatic heterocycles. The summed E-state index contributed by atoms with van der Waals surface area (Å²) in [5.74, 6) is 2.29. The maximum Gasteiger partial charge on any atom is 0.224 e. The van der Waals surface area contributed by atoms with Crippen molar-refractivity contribution in [3.8, 4) is 5.75 Å². The van der Waals surface area contributed by atoms with Crippen molar-refractivity contribution in [1.82, 2.24) is 15.3 Å². The number of methoxy groups -OCH3 is 1. The van der Waals surface area contributed by atoms with Crippen molar-refractivity contribution in [3.05, 3.63) is 41.1 Å². The molecule has 3 rings (SSSR count). The molecule has 2 N–H and O–H groups in total. The molecule has 0 unspecified atom stereocenters. The maximum absolute atomic E-state index is 12.2. The van der Waals surface area contributed by atoms with E-state index in [4.69, 9.17) is 9.47 Å². The van der Waals surface area contributed by atoms with E-state index in [2.05, 4.69) is 25.5 Å². The molecular weight excluding hydrogens is 370 g/mol. The maximum atomic E-state index is 12.2. The van der Waals surface area contributed by atoms with Gasteiger partial charge >= 0.3 is 0 Å². The lowest BCUT2D eigenvalue weighted by Gasteiger charge is -2.28. The second-order valence-electron chi connectivity index (χ2n) is 7.05. The van der Waals surface area contributed by atoms with Gasteiger partial charge in [-0.25, -0.2) is 4.98 Å². The van der Waals surface area contributed by atoms with E-state index in [1.807, 2.05) is 38.1 Å². The van der Waals surface area contributed by atoms with Crippen molar-refractivity contribution in [3.63, 3.8) is 0 Å². The van der Waals surface area contributed by atoms with E-state index in [9.17, 15) is 4.79 Å². The third kappa shape index (κ3) is 6.05. The van der Waals surface area contributed by atoms with Crippen LogP contribution in [0.25, 0.3) is 0 Å². The van der Waals surface area contributed by atoms with Crippen LogP contribution in [0.1, 0.15) is 16.8 Å². The first-order valence-electron chi connectivity index (χ1n) is 9.87. The van der Waals surface area contributed by atoms with E-state index in [1.54, 1.807) is 7.11 Å². The molecule has 29 heavy (non-hydrogen) atoms.